The summed E-state index contributed by atoms with van der Waals surface area (Å²) in [4.78, 5) is 13.0. The van der Waals surface area contributed by atoms with E-state index in [0.717, 1.165) is 11.1 Å². The van der Waals surface area contributed by atoms with Crippen molar-refractivity contribution < 1.29 is 9.53 Å². The van der Waals surface area contributed by atoms with Gasteiger partial charge in [-0.05, 0) is 11.6 Å². The second-order valence-electron chi connectivity index (χ2n) is 3.70. The van der Waals surface area contributed by atoms with E-state index in [-0.39, 0.29) is 5.91 Å². The number of fused-ring (bicyclic) bond motifs is 1. The number of ether oxygens (including phenoxy) is 1. The van der Waals surface area contributed by atoms with Gasteiger partial charge in [0.1, 0.15) is 5.75 Å². The molecule has 0 aromatic heterocycles. The zero-order valence-electron chi connectivity index (χ0n) is 8.91. The molecule has 2 rings (SSSR count). The largest absolute Gasteiger partial charge is 0.494 e. The molecule has 1 aliphatic heterocycles. The SMILES string of the molecule is COc1c(N)ccc2c1CN(C(C)=O)C2. The number of methoxy groups -OCH3 is 1. The van der Waals surface area contributed by atoms with Crippen molar-refractivity contribution in [2.45, 2.75) is 20.0 Å². The number of nitrogens with zero attached hydrogens (tertiary/aromatic N) is 1. The molecule has 1 aromatic carbocycles. The van der Waals surface area contributed by atoms with Gasteiger partial charge in [-0.25, -0.2) is 0 Å². The Morgan fingerprint density at radius 3 is 2.80 bits per heavy atom. The molecule has 0 unspecified atom stereocenters. The van der Waals surface area contributed by atoms with E-state index in [1.165, 1.54) is 0 Å². The van der Waals surface area contributed by atoms with Gasteiger partial charge in [0.2, 0.25) is 5.91 Å². The Balaban J connectivity index is 2.41. The topological polar surface area (TPSA) is 55.6 Å². The van der Waals surface area contributed by atoms with Gasteiger partial charge in [0.15, 0.2) is 0 Å². The Kier molecular flexibility index (Phi) is 2.26. The fraction of sp³-hybridized carbons (Fsp3) is 0.364. The molecule has 0 radical (unpaired) electrons. The minimum atomic E-state index is 0.0758. The number of rotatable bonds is 1. The normalized spacial score (nSPS) is 13.9. The average Bonchev–Trinajstić information content (AvgIpc) is 2.61. The van der Waals surface area contributed by atoms with Crippen LogP contribution in [-0.2, 0) is 17.9 Å². The van der Waals surface area contributed by atoms with Gasteiger partial charge < -0.3 is 15.4 Å². The highest BCUT2D eigenvalue weighted by atomic mass is 16.5. The minimum Gasteiger partial charge on any atom is -0.494 e. The molecule has 0 aliphatic carbocycles. The molecule has 15 heavy (non-hydrogen) atoms. The van der Waals surface area contributed by atoms with E-state index in [4.69, 9.17) is 10.5 Å². The van der Waals surface area contributed by atoms with E-state index in [9.17, 15) is 4.79 Å². The Bertz CT molecular complexity index is 415. The van der Waals surface area contributed by atoms with Crippen LogP contribution in [0.25, 0.3) is 0 Å². The maximum atomic E-state index is 11.3. The summed E-state index contributed by atoms with van der Waals surface area (Å²) >= 11 is 0. The molecule has 1 aliphatic rings. The van der Waals surface area contributed by atoms with Crippen LogP contribution >= 0.6 is 0 Å². The van der Waals surface area contributed by atoms with E-state index in [0.29, 0.717) is 24.5 Å². The van der Waals surface area contributed by atoms with Crippen LogP contribution in [0.5, 0.6) is 5.75 Å². The van der Waals surface area contributed by atoms with Gasteiger partial charge in [-0.3, -0.25) is 4.79 Å². The summed E-state index contributed by atoms with van der Waals surface area (Å²) in [5, 5.41) is 0. The maximum Gasteiger partial charge on any atom is 0.220 e. The van der Waals surface area contributed by atoms with Crippen LogP contribution in [0.15, 0.2) is 12.1 Å². The zero-order valence-corrected chi connectivity index (χ0v) is 8.91. The molecule has 1 amide bonds. The monoisotopic (exact) mass is 206 g/mol. The number of nitrogens with two attached hydrogens (primary N) is 1. The second-order valence-corrected chi connectivity index (χ2v) is 3.70. The third kappa shape index (κ3) is 1.52. The van der Waals surface area contributed by atoms with Crippen LogP contribution in [0.1, 0.15) is 18.1 Å². The summed E-state index contributed by atoms with van der Waals surface area (Å²) in [5.41, 5.74) is 8.58. The summed E-state index contributed by atoms with van der Waals surface area (Å²) in [7, 11) is 1.60. The summed E-state index contributed by atoms with van der Waals surface area (Å²) < 4.78 is 5.25. The molecule has 0 spiro atoms. The molecule has 1 aromatic rings. The fourth-order valence-electron chi connectivity index (χ4n) is 1.92. The molecule has 80 valence electrons. The van der Waals surface area contributed by atoms with Crippen molar-refractivity contribution in [3.8, 4) is 5.75 Å². The van der Waals surface area contributed by atoms with Crippen molar-refractivity contribution in [2.24, 2.45) is 0 Å². The Morgan fingerprint density at radius 1 is 1.47 bits per heavy atom. The number of hydrogen-bond acceptors (Lipinski definition) is 3. The zero-order chi connectivity index (χ0) is 11.0. The number of carbonyl (C=O) groups is 1. The molecule has 1 heterocycles. The van der Waals surface area contributed by atoms with Gasteiger partial charge in [-0.2, -0.15) is 0 Å². The predicted octanol–water partition coefficient (Wildman–Crippen LogP) is 1.14. The highest BCUT2D eigenvalue weighted by Gasteiger charge is 2.24. The molecular weight excluding hydrogens is 192 g/mol. The second kappa shape index (κ2) is 3.46. The van der Waals surface area contributed by atoms with Crippen molar-refractivity contribution in [1.82, 2.24) is 4.90 Å². The number of carbonyl (C=O) groups excluding carboxylic acids is 1. The third-order valence-corrected chi connectivity index (χ3v) is 2.75. The van der Waals surface area contributed by atoms with Crippen molar-refractivity contribution in [3.63, 3.8) is 0 Å². The predicted molar refractivity (Wildman–Crippen MR) is 57.3 cm³/mol. The molecule has 2 N–H and O–H groups in total. The molecule has 0 saturated carbocycles. The standard InChI is InChI=1S/C11H14N2O2/c1-7(14)13-5-8-3-4-10(12)11(15-2)9(8)6-13/h3-4H,5-6,12H2,1-2H3. The Hall–Kier alpha value is -1.71. The van der Waals surface area contributed by atoms with Crippen molar-refractivity contribution in [3.05, 3.63) is 23.3 Å². The van der Waals surface area contributed by atoms with Crippen LogP contribution < -0.4 is 10.5 Å². The highest BCUT2D eigenvalue weighted by molar-refractivity contribution is 5.75. The van der Waals surface area contributed by atoms with Gasteiger partial charge in [0.25, 0.3) is 0 Å². The van der Waals surface area contributed by atoms with Gasteiger partial charge in [0.05, 0.1) is 19.3 Å². The molecule has 0 bridgehead atoms. The highest BCUT2D eigenvalue weighted by Crippen LogP contribution is 2.35. The fourth-order valence-corrected chi connectivity index (χ4v) is 1.92. The van der Waals surface area contributed by atoms with Gasteiger partial charge >= 0.3 is 0 Å². The first-order chi connectivity index (χ1) is 7.13. The molecular formula is C11H14N2O2. The van der Waals surface area contributed by atoms with Gasteiger partial charge in [-0.1, -0.05) is 6.07 Å². The first kappa shape index (κ1) is 9.83. The minimum absolute atomic E-state index is 0.0758. The van der Waals surface area contributed by atoms with Crippen LogP contribution in [-0.4, -0.2) is 17.9 Å². The smallest absolute Gasteiger partial charge is 0.220 e. The quantitative estimate of drug-likeness (QED) is 0.701. The molecule has 4 nitrogen and oxygen atoms in total. The molecule has 0 atom stereocenters. The van der Waals surface area contributed by atoms with Crippen LogP contribution in [0.2, 0.25) is 0 Å². The summed E-state index contributed by atoms with van der Waals surface area (Å²) in [6.45, 7) is 2.82. The van der Waals surface area contributed by atoms with E-state index in [1.54, 1.807) is 18.9 Å². The van der Waals surface area contributed by atoms with E-state index in [1.807, 2.05) is 12.1 Å². The van der Waals surface area contributed by atoms with Gasteiger partial charge in [-0.15, -0.1) is 0 Å². The molecule has 0 fully saturated rings. The van der Waals surface area contributed by atoms with Crippen LogP contribution in [0.4, 0.5) is 5.69 Å². The van der Waals surface area contributed by atoms with Gasteiger partial charge in [0, 0.05) is 19.0 Å². The number of amides is 1. The van der Waals surface area contributed by atoms with Crippen molar-refractivity contribution in [1.29, 1.82) is 0 Å². The van der Waals surface area contributed by atoms with E-state index < -0.39 is 0 Å². The lowest BCUT2D eigenvalue weighted by Crippen LogP contribution is -2.21. The first-order valence-electron chi connectivity index (χ1n) is 4.83. The lowest BCUT2D eigenvalue weighted by molar-refractivity contribution is -0.129. The third-order valence-electron chi connectivity index (χ3n) is 2.75. The molecule has 0 saturated heterocycles. The summed E-state index contributed by atoms with van der Waals surface area (Å²) in [6, 6.07) is 3.78. The summed E-state index contributed by atoms with van der Waals surface area (Å²) in [5.74, 6) is 0.781. The Labute approximate surface area is 88.6 Å². The lowest BCUT2D eigenvalue weighted by atomic mass is 10.1. The number of benzene rings is 1. The van der Waals surface area contributed by atoms with Crippen LogP contribution in [0.3, 0.4) is 0 Å². The number of nitrogen functional groups attached to an aromatic ring is 1. The molecule has 4 heteroatoms. The summed E-state index contributed by atoms with van der Waals surface area (Å²) in [6.07, 6.45) is 0. The van der Waals surface area contributed by atoms with E-state index in [2.05, 4.69) is 0 Å². The number of anilines is 1. The van der Waals surface area contributed by atoms with E-state index >= 15 is 0 Å². The van der Waals surface area contributed by atoms with Crippen molar-refractivity contribution in [2.75, 3.05) is 12.8 Å². The number of hydrogen-bond donors (Lipinski definition) is 1. The average molecular weight is 206 g/mol. The first-order valence-corrected chi connectivity index (χ1v) is 4.83. The lowest BCUT2D eigenvalue weighted by Gasteiger charge is -2.12. The maximum absolute atomic E-state index is 11.3. The Morgan fingerprint density at radius 2 is 2.20 bits per heavy atom. The van der Waals surface area contributed by atoms with Crippen LogP contribution in [0, 0.1) is 0 Å². The van der Waals surface area contributed by atoms with Crippen molar-refractivity contribution >= 4 is 11.6 Å².